The molecule has 2 aromatic carbocycles. The summed E-state index contributed by atoms with van der Waals surface area (Å²) in [6, 6.07) is 13.9. The van der Waals surface area contributed by atoms with Crippen LogP contribution in [0.3, 0.4) is 0 Å². The molecule has 1 fully saturated rings. The van der Waals surface area contributed by atoms with E-state index in [0.29, 0.717) is 16.4 Å². The smallest absolute Gasteiger partial charge is 0.240 e. The van der Waals surface area contributed by atoms with Crippen LogP contribution in [0.2, 0.25) is 5.02 Å². The Hall–Kier alpha value is -2.71. The first-order valence-corrected chi connectivity index (χ1v) is 12.7. The van der Waals surface area contributed by atoms with Gasteiger partial charge in [0.2, 0.25) is 17.7 Å². The lowest BCUT2D eigenvalue weighted by Crippen LogP contribution is -2.45. The van der Waals surface area contributed by atoms with Gasteiger partial charge in [-0.3, -0.25) is 18.6 Å². The summed E-state index contributed by atoms with van der Waals surface area (Å²) in [5.74, 6) is -1.90. The van der Waals surface area contributed by atoms with Crippen molar-refractivity contribution >= 4 is 51.5 Å². The van der Waals surface area contributed by atoms with Crippen molar-refractivity contribution in [1.82, 2.24) is 5.32 Å². The molecule has 0 aliphatic heterocycles. The maximum atomic E-state index is 13.0. The van der Waals surface area contributed by atoms with E-state index in [-0.39, 0.29) is 30.0 Å². The highest BCUT2D eigenvalue weighted by Crippen LogP contribution is 2.20. The van der Waals surface area contributed by atoms with Crippen LogP contribution < -0.4 is 15.5 Å². The highest BCUT2D eigenvalue weighted by molar-refractivity contribution is 7.86. The molecule has 33 heavy (non-hydrogen) atoms. The Morgan fingerprint density at radius 3 is 2.24 bits per heavy atom. The topological polar surface area (TPSA) is 95.6 Å². The number of nitrogens with zero attached hydrogens (tertiary/aromatic N) is 1. The highest BCUT2D eigenvalue weighted by Gasteiger charge is 2.24. The Balaban J connectivity index is 1.61. The van der Waals surface area contributed by atoms with Gasteiger partial charge in [0.15, 0.2) is 0 Å². The minimum absolute atomic E-state index is 0.124. The molecular weight excluding hydrogens is 462 g/mol. The van der Waals surface area contributed by atoms with Gasteiger partial charge < -0.3 is 15.5 Å². The third kappa shape index (κ3) is 7.98. The van der Waals surface area contributed by atoms with Crippen LogP contribution in [0.5, 0.6) is 0 Å². The van der Waals surface area contributed by atoms with Crippen molar-refractivity contribution in [2.45, 2.75) is 38.6 Å². The molecule has 0 aromatic heterocycles. The number of rotatable bonds is 9. The van der Waals surface area contributed by atoms with Crippen LogP contribution in [-0.4, -0.2) is 46.0 Å². The fourth-order valence-corrected chi connectivity index (χ4v) is 4.70. The largest absolute Gasteiger partial charge is 0.352 e. The minimum atomic E-state index is -1.74. The number of carbonyl (C=O) groups excluding carboxylic acids is 3. The second-order valence-electron chi connectivity index (χ2n) is 8.15. The zero-order chi connectivity index (χ0) is 23.8. The molecule has 2 aromatic rings. The van der Waals surface area contributed by atoms with Crippen molar-refractivity contribution in [2.24, 2.45) is 0 Å². The summed E-state index contributed by atoms with van der Waals surface area (Å²) in [6.45, 7) is 1.75. The van der Waals surface area contributed by atoms with Gasteiger partial charge in [0.05, 0.1) is 0 Å². The van der Waals surface area contributed by atoms with E-state index in [1.165, 1.54) is 4.90 Å². The van der Waals surface area contributed by atoms with E-state index in [2.05, 4.69) is 10.6 Å². The molecule has 0 heterocycles. The van der Waals surface area contributed by atoms with Crippen LogP contribution in [0.25, 0.3) is 0 Å². The monoisotopic (exact) mass is 489 g/mol. The Morgan fingerprint density at radius 1 is 0.970 bits per heavy atom. The standard InChI is InChI=1S/C24H28ClN3O4S/c1-17-6-10-20(11-7-17)27-23(30)15-33(32)16-24(31)28(21-12-8-18(25)9-13-21)14-22(29)26-19-4-2-3-5-19/h6-13,19H,2-5,14-16H2,1H3,(H,26,29)(H,27,30)/t33-/m1/s1. The van der Waals surface area contributed by atoms with Gasteiger partial charge in [-0.2, -0.15) is 0 Å². The van der Waals surface area contributed by atoms with E-state index in [1.807, 2.05) is 19.1 Å². The fraction of sp³-hybridized carbons (Fsp3) is 0.375. The number of benzene rings is 2. The van der Waals surface area contributed by atoms with Gasteiger partial charge in [-0.25, -0.2) is 0 Å². The summed E-state index contributed by atoms with van der Waals surface area (Å²) in [5, 5.41) is 6.14. The average molecular weight is 490 g/mol. The Bertz CT molecular complexity index is 1010. The molecule has 2 N–H and O–H groups in total. The van der Waals surface area contributed by atoms with Crippen LogP contribution in [0.15, 0.2) is 48.5 Å². The minimum Gasteiger partial charge on any atom is -0.352 e. The third-order valence-electron chi connectivity index (χ3n) is 5.37. The van der Waals surface area contributed by atoms with Crippen molar-refractivity contribution in [2.75, 3.05) is 28.3 Å². The van der Waals surface area contributed by atoms with Gasteiger partial charge in [-0.05, 0) is 56.2 Å². The van der Waals surface area contributed by atoms with Crippen molar-refractivity contribution in [3.05, 3.63) is 59.1 Å². The number of aryl methyl sites for hydroxylation is 1. The number of amides is 3. The molecule has 3 rings (SSSR count). The highest BCUT2D eigenvalue weighted by atomic mass is 35.5. The predicted octanol–water partition coefficient (Wildman–Crippen LogP) is 3.43. The zero-order valence-corrected chi connectivity index (χ0v) is 20.1. The van der Waals surface area contributed by atoms with E-state index in [0.717, 1.165) is 31.2 Å². The third-order valence-corrected chi connectivity index (χ3v) is 6.78. The van der Waals surface area contributed by atoms with E-state index >= 15 is 0 Å². The predicted molar refractivity (Wildman–Crippen MR) is 132 cm³/mol. The molecule has 0 saturated heterocycles. The lowest BCUT2D eigenvalue weighted by molar-refractivity contribution is -0.123. The Kier molecular flexibility index (Phi) is 9.03. The lowest BCUT2D eigenvalue weighted by atomic mass is 10.2. The van der Waals surface area contributed by atoms with Crippen molar-refractivity contribution in [3.63, 3.8) is 0 Å². The molecule has 3 amide bonds. The summed E-state index contributed by atoms with van der Waals surface area (Å²) < 4.78 is 12.5. The summed E-state index contributed by atoms with van der Waals surface area (Å²) in [4.78, 5) is 39.1. The SMILES string of the molecule is Cc1ccc(NC(=O)C[S@@](=O)CC(=O)N(CC(=O)NC2CCCC2)c2ccc(Cl)cc2)cc1. The van der Waals surface area contributed by atoms with Gasteiger partial charge in [-0.15, -0.1) is 0 Å². The molecule has 7 nitrogen and oxygen atoms in total. The van der Waals surface area contributed by atoms with Crippen LogP contribution >= 0.6 is 11.6 Å². The second-order valence-corrected chi connectivity index (χ2v) is 10.0. The first-order valence-electron chi connectivity index (χ1n) is 10.9. The lowest BCUT2D eigenvalue weighted by Gasteiger charge is -2.23. The fourth-order valence-electron chi connectivity index (χ4n) is 3.68. The quantitative estimate of drug-likeness (QED) is 0.564. The zero-order valence-electron chi connectivity index (χ0n) is 18.5. The molecule has 1 aliphatic carbocycles. The Morgan fingerprint density at radius 2 is 1.61 bits per heavy atom. The van der Waals surface area contributed by atoms with Crippen LogP contribution in [0, 0.1) is 6.92 Å². The maximum Gasteiger partial charge on any atom is 0.240 e. The van der Waals surface area contributed by atoms with E-state index in [4.69, 9.17) is 11.6 Å². The van der Waals surface area contributed by atoms with Crippen molar-refractivity contribution in [1.29, 1.82) is 0 Å². The number of halogens is 1. The first kappa shape index (κ1) is 24.9. The molecule has 0 bridgehead atoms. The molecule has 176 valence electrons. The number of hydrogen-bond acceptors (Lipinski definition) is 4. The molecule has 0 unspecified atom stereocenters. The summed E-state index contributed by atoms with van der Waals surface area (Å²) in [5.41, 5.74) is 2.13. The number of anilines is 2. The number of nitrogens with one attached hydrogen (secondary N) is 2. The van der Waals surface area contributed by atoms with Crippen molar-refractivity contribution in [3.8, 4) is 0 Å². The van der Waals surface area contributed by atoms with E-state index < -0.39 is 22.6 Å². The van der Waals surface area contributed by atoms with Crippen molar-refractivity contribution < 1.29 is 18.6 Å². The van der Waals surface area contributed by atoms with Crippen LogP contribution in [0.1, 0.15) is 31.2 Å². The number of hydrogen-bond donors (Lipinski definition) is 2. The Labute approximate surface area is 201 Å². The van der Waals surface area contributed by atoms with Gasteiger partial charge >= 0.3 is 0 Å². The van der Waals surface area contributed by atoms with E-state index in [1.54, 1.807) is 36.4 Å². The summed E-state index contributed by atoms with van der Waals surface area (Å²) in [6.07, 6.45) is 4.02. The molecule has 1 saturated carbocycles. The molecule has 9 heteroatoms. The number of carbonyl (C=O) groups is 3. The van der Waals surface area contributed by atoms with Crippen LogP contribution in [0.4, 0.5) is 11.4 Å². The first-order chi connectivity index (χ1) is 15.8. The van der Waals surface area contributed by atoms with Gasteiger partial charge in [0.1, 0.15) is 18.1 Å². The van der Waals surface area contributed by atoms with E-state index in [9.17, 15) is 18.6 Å². The summed E-state index contributed by atoms with van der Waals surface area (Å²) >= 11 is 5.96. The molecule has 0 radical (unpaired) electrons. The average Bonchev–Trinajstić information content (AvgIpc) is 3.27. The molecule has 0 spiro atoms. The molecular formula is C24H28ClN3O4S. The van der Waals surface area contributed by atoms with Gasteiger partial charge in [0, 0.05) is 33.2 Å². The summed E-state index contributed by atoms with van der Waals surface area (Å²) in [7, 11) is -1.74. The van der Waals surface area contributed by atoms with Gasteiger partial charge in [-0.1, -0.05) is 42.1 Å². The second kappa shape index (κ2) is 12.0. The molecule has 1 aliphatic rings. The maximum absolute atomic E-state index is 13.0. The van der Waals surface area contributed by atoms with Crippen LogP contribution in [-0.2, 0) is 25.2 Å². The molecule has 1 atom stereocenters. The van der Waals surface area contributed by atoms with Gasteiger partial charge in [0.25, 0.3) is 0 Å². The normalized spacial score (nSPS) is 14.5.